The molecule has 0 saturated carbocycles. The van der Waals surface area contributed by atoms with E-state index >= 15 is 0 Å². The van der Waals surface area contributed by atoms with Crippen molar-refractivity contribution in [3.8, 4) is 5.75 Å². The molecule has 0 radical (unpaired) electrons. The van der Waals surface area contributed by atoms with Crippen molar-refractivity contribution in [2.24, 2.45) is 0 Å². The summed E-state index contributed by atoms with van der Waals surface area (Å²) in [5.74, 6) is 0.966. The normalized spacial score (nSPS) is 12.0. The van der Waals surface area contributed by atoms with Crippen LogP contribution in [0.2, 0.25) is 0 Å². The Morgan fingerprint density at radius 2 is 1.50 bits per heavy atom. The Hall–Kier alpha value is -2.32. The molecule has 0 aromatic heterocycles. The molecule has 0 bridgehead atoms. The predicted octanol–water partition coefficient (Wildman–Crippen LogP) is 5.55. The minimum Gasteiger partial charge on any atom is -0.493 e. The topological polar surface area (TPSA) is 12.5 Å². The fraction of sp³-hybridized carbons (Fsp3) is 0.273. The van der Waals surface area contributed by atoms with Crippen LogP contribution in [0.4, 0.5) is 0 Å². The van der Waals surface area contributed by atoms with Crippen LogP contribution in [-0.2, 0) is 0 Å². The zero-order valence-electron chi connectivity index (χ0n) is 13.8. The molecule has 1 atom stereocenters. The molecule has 3 rings (SSSR count). The maximum absolute atomic E-state index is 6.09. The number of benzene rings is 3. The first kappa shape index (κ1) is 18.0. The third-order valence-electron chi connectivity index (χ3n) is 4.21. The lowest BCUT2D eigenvalue weighted by atomic mass is 10.0. The van der Waals surface area contributed by atoms with Gasteiger partial charge in [0.15, 0.2) is 0 Å². The molecule has 0 N–H and O–H groups in total. The van der Waals surface area contributed by atoms with Gasteiger partial charge in [0.1, 0.15) is 5.75 Å². The quantitative estimate of drug-likeness (QED) is 0.590. The van der Waals surface area contributed by atoms with Crippen molar-refractivity contribution in [2.45, 2.75) is 19.9 Å². The van der Waals surface area contributed by atoms with Crippen LogP contribution in [0.3, 0.4) is 0 Å². The first-order valence-electron chi connectivity index (χ1n) is 8.07. The number of hydrogen-bond donors (Lipinski definition) is 0. The molecule has 126 valence electrons. The van der Waals surface area contributed by atoms with Gasteiger partial charge < -0.3 is 9.64 Å². The number of ether oxygens (including phenoxy) is 1. The highest BCUT2D eigenvalue weighted by molar-refractivity contribution is 5.88. The summed E-state index contributed by atoms with van der Waals surface area (Å²) in [6.07, 6.45) is 0.959. The SMILES string of the molecule is C.CN(C)[C@@H](CCOc1cccc2ccccc12)c1ccccc1. The van der Waals surface area contributed by atoms with Crippen LogP contribution in [0.15, 0.2) is 72.8 Å². The van der Waals surface area contributed by atoms with E-state index in [0.29, 0.717) is 12.6 Å². The van der Waals surface area contributed by atoms with Gasteiger partial charge >= 0.3 is 0 Å². The Kier molecular flexibility index (Phi) is 6.39. The average molecular weight is 321 g/mol. The van der Waals surface area contributed by atoms with Gasteiger partial charge in [-0.3, -0.25) is 0 Å². The number of fused-ring (bicyclic) bond motifs is 1. The predicted molar refractivity (Wildman–Crippen MR) is 104 cm³/mol. The van der Waals surface area contributed by atoms with E-state index in [4.69, 9.17) is 4.74 Å². The molecule has 0 amide bonds. The van der Waals surface area contributed by atoms with Gasteiger partial charge in [-0.1, -0.05) is 74.2 Å². The van der Waals surface area contributed by atoms with E-state index in [-0.39, 0.29) is 7.43 Å². The van der Waals surface area contributed by atoms with Gasteiger partial charge in [0.25, 0.3) is 0 Å². The molecule has 3 aromatic rings. The van der Waals surface area contributed by atoms with Gasteiger partial charge in [0.2, 0.25) is 0 Å². The number of rotatable bonds is 6. The molecule has 24 heavy (non-hydrogen) atoms. The summed E-state index contributed by atoms with van der Waals surface area (Å²) in [4.78, 5) is 2.25. The van der Waals surface area contributed by atoms with Gasteiger partial charge in [-0.25, -0.2) is 0 Å². The summed E-state index contributed by atoms with van der Waals surface area (Å²) in [5.41, 5.74) is 1.33. The second-order valence-corrected chi connectivity index (χ2v) is 6.00. The molecule has 2 heteroatoms. The Morgan fingerprint density at radius 1 is 0.833 bits per heavy atom. The van der Waals surface area contributed by atoms with Crippen LogP contribution in [-0.4, -0.2) is 25.6 Å². The highest BCUT2D eigenvalue weighted by Crippen LogP contribution is 2.27. The van der Waals surface area contributed by atoms with E-state index in [1.807, 2.05) is 0 Å². The lowest BCUT2D eigenvalue weighted by Gasteiger charge is -2.25. The summed E-state index contributed by atoms with van der Waals surface area (Å²) in [5, 5.41) is 2.40. The molecule has 0 aliphatic carbocycles. The molecular formula is C22H27NO. The standard InChI is InChI=1S/C21H23NO.CH4/c1-22(2)20(18-10-4-3-5-11-18)15-16-23-21-14-8-12-17-9-6-7-13-19(17)21;/h3-14,20H,15-16H2,1-2H3;1H4/t20-;/m0./s1. The van der Waals surface area contributed by atoms with Crippen LogP contribution in [0.1, 0.15) is 25.5 Å². The second-order valence-electron chi connectivity index (χ2n) is 6.00. The van der Waals surface area contributed by atoms with Crippen LogP contribution in [0.25, 0.3) is 10.8 Å². The van der Waals surface area contributed by atoms with Crippen molar-refractivity contribution in [3.63, 3.8) is 0 Å². The van der Waals surface area contributed by atoms with E-state index in [1.165, 1.54) is 16.3 Å². The first-order valence-corrected chi connectivity index (χ1v) is 8.07. The molecule has 0 aliphatic heterocycles. The van der Waals surface area contributed by atoms with Crippen LogP contribution < -0.4 is 4.74 Å². The van der Waals surface area contributed by atoms with Crippen LogP contribution in [0.5, 0.6) is 5.75 Å². The van der Waals surface area contributed by atoms with Gasteiger partial charge in [0.05, 0.1) is 6.61 Å². The Bertz CT molecular complexity index is 747. The van der Waals surface area contributed by atoms with E-state index in [2.05, 4.69) is 91.8 Å². The minimum atomic E-state index is 0. The number of hydrogen-bond acceptors (Lipinski definition) is 2. The van der Waals surface area contributed by atoms with Gasteiger partial charge in [0, 0.05) is 17.8 Å². The van der Waals surface area contributed by atoms with E-state index in [9.17, 15) is 0 Å². The summed E-state index contributed by atoms with van der Waals surface area (Å²) < 4.78 is 6.09. The molecular weight excluding hydrogens is 294 g/mol. The molecule has 0 spiro atoms. The highest BCUT2D eigenvalue weighted by Gasteiger charge is 2.14. The summed E-state index contributed by atoms with van der Waals surface area (Å²) in [7, 11) is 4.24. The molecule has 0 unspecified atom stereocenters. The van der Waals surface area contributed by atoms with Crippen LogP contribution >= 0.6 is 0 Å². The Morgan fingerprint density at radius 3 is 2.25 bits per heavy atom. The largest absolute Gasteiger partial charge is 0.493 e. The van der Waals surface area contributed by atoms with Crippen molar-refractivity contribution in [1.29, 1.82) is 0 Å². The van der Waals surface area contributed by atoms with Gasteiger partial charge in [-0.2, -0.15) is 0 Å². The molecule has 0 heterocycles. The molecule has 0 aliphatic rings. The fourth-order valence-electron chi connectivity index (χ4n) is 3.00. The second kappa shape index (κ2) is 8.51. The van der Waals surface area contributed by atoms with Crippen molar-refractivity contribution >= 4 is 10.8 Å². The summed E-state index contributed by atoms with van der Waals surface area (Å²) in [6, 6.07) is 25.6. The Balaban J connectivity index is 0.00000208. The van der Waals surface area contributed by atoms with Crippen molar-refractivity contribution in [1.82, 2.24) is 4.90 Å². The molecule has 0 saturated heterocycles. The van der Waals surface area contributed by atoms with Gasteiger partial charge in [-0.05, 0) is 31.1 Å². The molecule has 3 aromatic carbocycles. The maximum Gasteiger partial charge on any atom is 0.127 e. The summed E-state index contributed by atoms with van der Waals surface area (Å²) in [6.45, 7) is 0.700. The number of nitrogens with zero attached hydrogens (tertiary/aromatic N) is 1. The highest BCUT2D eigenvalue weighted by atomic mass is 16.5. The van der Waals surface area contributed by atoms with Crippen molar-refractivity contribution in [2.75, 3.05) is 20.7 Å². The summed E-state index contributed by atoms with van der Waals surface area (Å²) >= 11 is 0. The lowest BCUT2D eigenvalue weighted by molar-refractivity contribution is 0.225. The first-order chi connectivity index (χ1) is 11.3. The average Bonchev–Trinajstić information content (AvgIpc) is 2.59. The molecule has 0 fully saturated rings. The fourth-order valence-corrected chi connectivity index (χ4v) is 3.00. The third-order valence-corrected chi connectivity index (χ3v) is 4.21. The van der Waals surface area contributed by atoms with Crippen molar-refractivity contribution in [3.05, 3.63) is 78.4 Å². The van der Waals surface area contributed by atoms with E-state index in [0.717, 1.165) is 12.2 Å². The lowest BCUT2D eigenvalue weighted by Crippen LogP contribution is -2.22. The Labute approximate surface area is 145 Å². The zero-order valence-corrected chi connectivity index (χ0v) is 13.8. The minimum absolute atomic E-state index is 0. The van der Waals surface area contributed by atoms with E-state index < -0.39 is 0 Å². The zero-order chi connectivity index (χ0) is 16.1. The van der Waals surface area contributed by atoms with E-state index in [1.54, 1.807) is 0 Å². The smallest absolute Gasteiger partial charge is 0.127 e. The third kappa shape index (κ3) is 4.15. The van der Waals surface area contributed by atoms with Crippen molar-refractivity contribution < 1.29 is 4.74 Å². The maximum atomic E-state index is 6.09. The molecule has 2 nitrogen and oxygen atoms in total. The van der Waals surface area contributed by atoms with Gasteiger partial charge in [-0.15, -0.1) is 0 Å². The monoisotopic (exact) mass is 321 g/mol. The van der Waals surface area contributed by atoms with Crippen LogP contribution in [0, 0.1) is 0 Å².